The van der Waals surface area contributed by atoms with Gasteiger partial charge in [0.2, 0.25) is 10.0 Å². The maximum Gasteiger partial charge on any atom is 0.243 e. The second-order valence-electron chi connectivity index (χ2n) is 4.60. The van der Waals surface area contributed by atoms with E-state index in [1.54, 1.807) is 6.92 Å². The molecule has 19 heavy (non-hydrogen) atoms. The minimum atomic E-state index is -3.91. The molecule has 0 heterocycles. The van der Waals surface area contributed by atoms with Gasteiger partial charge in [0.1, 0.15) is 10.7 Å². The van der Waals surface area contributed by atoms with Crippen molar-refractivity contribution in [2.75, 3.05) is 5.73 Å². The average Bonchev–Trinajstić information content (AvgIpc) is 2.31. The van der Waals surface area contributed by atoms with E-state index in [1.165, 1.54) is 0 Å². The summed E-state index contributed by atoms with van der Waals surface area (Å²) in [4.78, 5) is -0.427. The minimum Gasteiger partial charge on any atom is -0.398 e. The summed E-state index contributed by atoms with van der Waals surface area (Å²) in [6, 6.07) is 1.89. The third-order valence-corrected chi connectivity index (χ3v) is 5.44. The molecule has 0 aliphatic rings. The predicted molar refractivity (Wildman–Crippen MR) is 77.8 cm³/mol. The lowest BCUT2D eigenvalue weighted by Gasteiger charge is -2.20. The number of halogens is 2. The van der Waals surface area contributed by atoms with Crippen LogP contribution in [0.15, 0.2) is 21.5 Å². The van der Waals surface area contributed by atoms with Gasteiger partial charge in [0.05, 0.1) is 0 Å². The van der Waals surface area contributed by atoms with Gasteiger partial charge in [0.15, 0.2) is 0 Å². The number of rotatable bonds is 5. The molecule has 0 aromatic heterocycles. The molecule has 0 amide bonds. The first-order chi connectivity index (χ1) is 8.69. The molecule has 2 atom stereocenters. The first-order valence-electron chi connectivity index (χ1n) is 5.95. The Morgan fingerprint density at radius 1 is 1.42 bits per heavy atom. The van der Waals surface area contributed by atoms with Gasteiger partial charge in [-0.05, 0) is 40.9 Å². The monoisotopic (exact) mass is 352 g/mol. The highest BCUT2D eigenvalue weighted by Crippen LogP contribution is 2.26. The fourth-order valence-electron chi connectivity index (χ4n) is 1.53. The molecule has 0 bridgehead atoms. The minimum absolute atomic E-state index is 0.158. The second-order valence-corrected chi connectivity index (χ2v) is 7.14. The lowest BCUT2D eigenvalue weighted by molar-refractivity contribution is 0.432. The zero-order valence-electron chi connectivity index (χ0n) is 11.1. The number of nitrogen functional groups attached to an aromatic ring is 1. The van der Waals surface area contributed by atoms with Gasteiger partial charge in [-0.1, -0.05) is 20.3 Å². The fraction of sp³-hybridized carbons (Fsp3) is 0.500. The number of benzene rings is 1. The molecule has 1 rings (SSSR count). The summed E-state index contributed by atoms with van der Waals surface area (Å²) in [6.45, 7) is 5.65. The number of hydrogen-bond donors (Lipinski definition) is 2. The van der Waals surface area contributed by atoms with Gasteiger partial charge >= 0.3 is 0 Å². The Morgan fingerprint density at radius 2 is 2.00 bits per heavy atom. The molecule has 0 saturated heterocycles. The van der Waals surface area contributed by atoms with Crippen molar-refractivity contribution in [3.8, 4) is 0 Å². The quantitative estimate of drug-likeness (QED) is 0.800. The highest BCUT2D eigenvalue weighted by molar-refractivity contribution is 9.10. The molecule has 0 aliphatic carbocycles. The van der Waals surface area contributed by atoms with E-state index in [2.05, 4.69) is 20.7 Å². The smallest absolute Gasteiger partial charge is 0.243 e. The van der Waals surface area contributed by atoms with Crippen LogP contribution in [0.2, 0.25) is 0 Å². The highest BCUT2D eigenvalue weighted by atomic mass is 79.9. The van der Waals surface area contributed by atoms with Crippen LogP contribution in [0, 0.1) is 11.7 Å². The summed E-state index contributed by atoms with van der Waals surface area (Å²) in [5.41, 5.74) is 5.78. The van der Waals surface area contributed by atoms with E-state index in [4.69, 9.17) is 5.73 Å². The lowest BCUT2D eigenvalue weighted by Crippen LogP contribution is -2.37. The van der Waals surface area contributed by atoms with Crippen LogP contribution in [0.5, 0.6) is 0 Å². The van der Waals surface area contributed by atoms with Crippen LogP contribution >= 0.6 is 15.9 Å². The van der Waals surface area contributed by atoms with Crippen molar-refractivity contribution >= 4 is 31.6 Å². The summed E-state index contributed by atoms with van der Waals surface area (Å²) in [5, 5.41) is 0. The first kappa shape index (κ1) is 16.4. The Hall–Kier alpha value is -0.660. The molecule has 7 heteroatoms. The molecule has 0 fully saturated rings. The third kappa shape index (κ3) is 3.90. The molecule has 0 spiro atoms. The normalized spacial score (nSPS) is 15.2. The van der Waals surface area contributed by atoms with Crippen molar-refractivity contribution in [3.63, 3.8) is 0 Å². The van der Waals surface area contributed by atoms with Crippen molar-refractivity contribution in [2.24, 2.45) is 5.92 Å². The summed E-state index contributed by atoms with van der Waals surface area (Å²) < 4.78 is 40.8. The number of anilines is 1. The van der Waals surface area contributed by atoms with E-state index < -0.39 is 20.7 Å². The Balaban J connectivity index is 3.11. The van der Waals surface area contributed by atoms with E-state index in [0.717, 1.165) is 18.6 Å². The number of nitrogens with two attached hydrogens (primary N) is 1. The summed E-state index contributed by atoms with van der Waals surface area (Å²) >= 11 is 3.05. The molecule has 108 valence electrons. The Labute approximate surface area is 121 Å². The van der Waals surface area contributed by atoms with Gasteiger partial charge in [-0.25, -0.2) is 17.5 Å². The number of hydrogen-bond acceptors (Lipinski definition) is 3. The van der Waals surface area contributed by atoms with E-state index in [0.29, 0.717) is 4.47 Å². The average molecular weight is 353 g/mol. The first-order valence-corrected chi connectivity index (χ1v) is 8.23. The standard InChI is InChI=1S/C12H18BrFN2O2S/c1-4-7(2)8(3)16-19(17,18)12-6-11(15)9(13)5-10(12)14/h5-8,16H,4,15H2,1-3H3. The zero-order valence-corrected chi connectivity index (χ0v) is 13.5. The molecular weight excluding hydrogens is 335 g/mol. The molecule has 1 aromatic carbocycles. The van der Waals surface area contributed by atoms with Crippen LogP contribution < -0.4 is 10.5 Å². The van der Waals surface area contributed by atoms with E-state index in [1.807, 2.05) is 13.8 Å². The van der Waals surface area contributed by atoms with E-state index >= 15 is 0 Å². The topological polar surface area (TPSA) is 72.2 Å². The molecular formula is C12H18BrFN2O2S. The molecule has 2 unspecified atom stereocenters. The van der Waals surface area contributed by atoms with Crippen molar-refractivity contribution in [1.29, 1.82) is 0 Å². The number of sulfonamides is 1. The van der Waals surface area contributed by atoms with Crippen molar-refractivity contribution in [1.82, 2.24) is 4.72 Å². The largest absolute Gasteiger partial charge is 0.398 e. The van der Waals surface area contributed by atoms with Crippen LogP contribution in [0.3, 0.4) is 0 Å². The second kappa shape index (κ2) is 6.19. The predicted octanol–water partition coefficient (Wildman–Crippen LogP) is 2.88. The molecule has 0 radical (unpaired) electrons. The molecule has 0 saturated carbocycles. The fourth-order valence-corrected chi connectivity index (χ4v) is 3.29. The maximum absolute atomic E-state index is 13.8. The van der Waals surface area contributed by atoms with Crippen molar-refractivity contribution < 1.29 is 12.8 Å². The summed E-state index contributed by atoms with van der Waals surface area (Å²) in [6.07, 6.45) is 0.828. The van der Waals surface area contributed by atoms with E-state index in [-0.39, 0.29) is 17.6 Å². The van der Waals surface area contributed by atoms with Gasteiger partial charge in [-0.3, -0.25) is 0 Å². The summed E-state index contributed by atoms with van der Waals surface area (Å²) in [7, 11) is -3.91. The SMILES string of the molecule is CCC(C)C(C)NS(=O)(=O)c1cc(N)c(Br)cc1F. The van der Waals surface area contributed by atoms with Crippen molar-refractivity contribution in [2.45, 2.75) is 38.1 Å². The van der Waals surface area contributed by atoms with Crippen LogP contribution in [0.1, 0.15) is 27.2 Å². The van der Waals surface area contributed by atoms with Crippen LogP contribution in [0.4, 0.5) is 10.1 Å². The van der Waals surface area contributed by atoms with Crippen LogP contribution in [0.25, 0.3) is 0 Å². The van der Waals surface area contributed by atoms with Crippen molar-refractivity contribution in [3.05, 3.63) is 22.4 Å². The molecule has 1 aromatic rings. The van der Waals surface area contributed by atoms with Gasteiger partial charge in [-0.2, -0.15) is 0 Å². The molecule has 4 nitrogen and oxygen atoms in total. The van der Waals surface area contributed by atoms with Gasteiger partial charge in [-0.15, -0.1) is 0 Å². The Kier molecular flexibility index (Phi) is 5.34. The van der Waals surface area contributed by atoms with Crippen LogP contribution in [-0.4, -0.2) is 14.5 Å². The van der Waals surface area contributed by atoms with Gasteiger partial charge < -0.3 is 5.73 Å². The lowest BCUT2D eigenvalue weighted by atomic mass is 10.0. The Morgan fingerprint density at radius 3 is 2.53 bits per heavy atom. The maximum atomic E-state index is 13.8. The number of nitrogens with one attached hydrogen (secondary N) is 1. The van der Waals surface area contributed by atoms with E-state index in [9.17, 15) is 12.8 Å². The molecule has 3 N–H and O–H groups in total. The van der Waals surface area contributed by atoms with Crippen LogP contribution in [-0.2, 0) is 10.0 Å². The third-order valence-electron chi connectivity index (χ3n) is 3.18. The summed E-state index contributed by atoms with van der Waals surface area (Å²) in [5.74, 6) is -0.671. The van der Waals surface area contributed by atoms with Gasteiger partial charge in [0.25, 0.3) is 0 Å². The van der Waals surface area contributed by atoms with Gasteiger partial charge in [0, 0.05) is 16.2 Å². The Bertz CT molecular complexity index is 563. The zero-order chi connectivity index (χ0) is 14.8. The highest BCUT2D eigenvalue weighted by Gasteiger charge is 2.24. The molecule has 0 aliphatic heterocycles.